The largest absolute Gasteiger partial charge is 0.462 e. The SMILES string of the molecule is C=C(C)C(=O)OCCCCCCCc1ccnc(-c2cc(C)ccn2)c1. The summed E-state index contributed by atoms with van der Waals surface area (Å²) in [5, 5.41) is 0. The van der Waals surface area contributed by atoms with Crippen LogP contribution in [-0.4, -0.2) is 22.5 Å². The lowest BCUT2D eigenvalue weighted by atomic mass is 10.0. The van der Waals surface area contributed by atoms with E-state index in [4.69, 9.17) is 4.74 Å². The number of aromatic nitrogens is 2. The third-order valence-electron chi connectivity index (χ3n) is 4.19. The first kappa shape index (κ1) is 19.8. The summed E-state index contributed by atoms with van der Waals surface area (Å²) in [5.74, 6) is -0.290. The molecule has 0 unspecified atom stereocenters. The second-order valence-corrected chi connectivity index (χ2v) is 6.70. The van der Waals surface area contributed by atoms with Crippen LogP contribution in [0.5, 0.6) is 0 Å². The van der Waals surface area contributed by atoms with Gasteiger partial charge in [-0.25, -0.2) is 4.79 Å². The van der Waals surface area contributed by atoms with E-state index in [1.54, 1.807) is 6.92 Å². The smallest absolute Gasteiger partial charge is 0.333 e. The Hall–Kier alpha value is -2.49. The van der Waals surface area contributed by atoms with Crippen LogP contribution < -0.4 is 0 Å². The Morgan fingerprint density at radius 2 is 1.65 bits per heavy atom. The van der Waals surface area contributed by atoms with E-state index < -0.39 is 0 Å². The molecule has 0 aliphatic rings. The second-order valence-electron chi connectivity index (χ2n) is 6.70. The summed E-state index contributed by atoms with van der Waals surface area (Å²) in [6, 6.07) is 8.27. The van der Waals surface area contributed by atoms with Crippen molar-refractivity contribution in [1.29, 1.82) is 0 Å². The fraction of sp³-hybridized carbons (Fsp3) is 0.409. The van der Waals surface area contributed by atoms with Crippen molar-refractivity contribution in [2.45, 2.75) is 52.4 Å². The normalized spacial score (nSPS) is 10.5. The maximum Gasteiger partial charge on any atom is 0.333 e. The molecule has 0 spiro atoms. The van der Waals surface area contributed by atoms with Gasteiger partial charge in [0.1, 0.15) is 0 Å². The first-order valence-corrected chi connectivity index (χ1v) is 9.27. The minimum absolute atomic E-state index is 0.290. The topological polar surface area (TPSA) is 52.1 Å². The number of hydrogen-bond acceptors (Lipinski definition) is 4. The predicted molar refractivity (Wildman–Crippen MR) is 105 cm³/mol. The zero-order valence-electron chi connectivity index (χ0n) is 15.8. The van der Waals surface area contributed by atoms with Crippen molar-refractivity contribution in [2.75, 3.05) is 6.61 Å². The predicted octanol–water partition coefficient (Wildman–Crippen LogP) is 5.06. The molecule has 0 saturated carbocycles. The second kappa shape index (κ2) is 10.5. The molecule has 0 aliphatic carbocycles. The van der Waals surface area contributed by atoms with Gasteiger partial charge >= 0.3 is 5.97 Å². The van der Waals surface area contributed by atoms with Gasteiger partial charge < -0.3 is 4.74 Å². The van der Waals surface area contributed by atoms with E-state index in [-0.39, 0.29) is 5.97 Å². The minimum Gasteiger partial charge on any atom is -0.462 e. The van der Waals surface area contributed by atoms with Gasteiger partial charge in [0, 0.05) is 18.0 Å². The number of hydrogen-bond donors (Lipinski definition) is 0. The van der Waals surface area contributed by atoms with E-state index in [2.05, 4.69) is 41.7 Å². The first-order chi connectivity index (χ1) is 12.6. The Morgan fingerprint density at radius 3 is 2.38 bits per heavy atom. The van der Waals surface area contributed by atoms with Crippen LogP contribution in [0.1, 0.15) is 50.2 Å². The molecule has 2 aromatic heterocycles. The van der Waals surface area contributed by atoms with Crippen LogP contribution in [0.15, 0.2) is 48.8 Å². The highest BCUT2D eigenvalue weighted by Crippen LogP contribution is 2.18. The van der Waals surface area contributed by atoms with E-state index in [1.165, 1.54) is 17.5 Å². The summed E-state index contributed by atoms with van der Waals surface area (Å²) < 4.78 is 5.09. The molecule has 0 saturated heterocycles. The fourth-order valence-electron chi connectivity index (χ4n) is 2.70. The molecule has 138 valence electrons. The Labute approximate surface area is 156 Å². The van der Waals surface area contributed by atoms with Crippen molar-refractivity contribution in [3.05, 3.63) is 59.9 Å². The molecule has 0 radical (unpaired) electrons. The van der Waals surface area contributed by atoms with Crippen molar-refractivity contribution in [3.63, 3.8) is 0 Å². The van der Waals surface area contributed by atoms with E-state index in [1.807, 2.05) is 18.5 Å². The lowest BCUT2D eigenvalue weighted by molar-refractivity contribution is -0.139. The molecule has 2 rings (SSSR count). The van der Waals surface area contributed by atoms with Gasteiger partial charge in [-0.15, -0.1) is 0 Å². The highest BCUT2D eigenvalue weighted by molar-refractivity contribution is 5.86. The summed E-state index contributed by atoms with van der Waals surface area (Å²) in [5.41, 5.74) is 4.81. The van der Waals surface area contributed by atoms with Gasteiger partial charge in [-0.1, -0.05) is 25.8 Å². The maximum absolute atomic E-state index is 11.3. The Bertz CT molecular complexity index is 740. The number of rotatable bonds is 10. The van der Waals surface area contributed by atoms with Gasteiger partial charge in [-0.3, -0.25) is 9.97 Å². The zero-order valence-corrected chi connectivity index (χ0v) is 15.8. The van der Waals surface area contributed by atoms with Crippen LogP contribution in [0.3, 0.4) is 0 Å². The average molecular weight is 352 g/mol. The Balaban J connectivity index is 1.66. The van der Waals surface area contributed by atoms with Crippen molar-refractivity contribution in [1.82, 2.24) is 9.97 Å². The van der Waals surface area contributed by atoms with Crippen LogP contribution in [0, 0.1) is 6.92 Å². The van der Waals surface area contributed by atoms with Gasteiger partial charge in [0.05, 0.1) is 18.0 Å². The summed E-state index contributed by atoms with van der Waals surface area (Å²) in [6.45, 7) is 7.79. The lowest BCUT2D eigenvalue weighted by Crippen LogP contribution is -2.06. The number of unbranched alkanes of at least 4 members (excludes halogenated alkanes) is 4. The number of ether oxygens (including phenoxy) is 1. The van der Waals surface area contributed by atoms with Gasteiger partial charge in [-0.05, 0) is 68.5 Å². The molecule has 4 heteroatoms. The number of carbonyl (C=O) groups is 1. The van der Waals surface area contributed by atoms with Crippen molar-refractivity contribution >= 4 is 5.97 Å². The maximum atomic E-state index is 11.3. The summed E-state index contributed by atoms with van der Waals surface area (Å²) in [4.78, 5) is 20.1. The molecule has 0 N–H and O–H groups in total. The molecule has 26 heavy (non-hydrogen) atoms. The molecular weight excluding hydrogens is 324 g/mol. The van der Waals surface area contributed by atoms with E-state index in [0.717, 1.165) is 43.5 Å². The fourth-order valence-corrected chi connectivity index (χ4v) is 2.70. The molecule has 0 atom stereocenters. The molecule has 0 aliphatic heterocycles. The van der Waals surface area contributed by atoms with Gasteiger partial charge in [0.2, 0.25) is 0 Å². The number of nitrogens with zero attached hydrogens (tertiary/aromatic N) is 2. The Kier molecular flexibility index (Phi) is 8.00. The molecule has 4 nitrogen and oxygen atoms in total. The lowest BCUT2D eigenvalue weighted by Gasteiger charge is -2.06. The Morgan fingerprint density at radius 1 is 1.00 bits per heavy atom. The number of carbonyl (C=O) groups excluding carboxylic acids is 1. The van der Waals surface area contributed by atoms with Gasteiger partial charge in [0.25, 0.3) is 0 Å². The first-order valence-electron chi connectivity index (χ1n) is 9.27. The number of aryl methyl sites for hydroxylation is 2. The monoisotopic (exact) mass is 352 g/mol. The van der Waals surface area contributed by atoms with Crippen LogP contribution in [-0.2, 0) is 16.0 Å². The molecule has 0 aromatic carbocycles. The highest BCUT2D eigenvalue weighted by atomic mass is 16.5. The van der Waals surface area contributed by atoms with Crippen molar-refractivity contribution in [2.24, 2.45) is 0 Å². The van der Waals surface area contributed by atoms with Crippen molar-refractivity contribution < 1.29 is 9.53 Å². The van der Waals surface area contributed by atoms with Crippen LogP contribution >= 0.6 is 0 Å². The van der Waals surface area contributed by atoms with Gasteiger partial charge in [-0.2, -0.15) is 0 Å². The summed E-state index contributed by atoms with van der Waals surface area (Å²) >= 11 is 0. The zero-order chi connectivity index (χ0) is 18.8. The molecular formula is C22H28N2O2. The molecule has 2 aromatic rings. The van der Waals surface area contributed by atoms with E-state index >= 15 is 0 Å². The molecule has 2 heterocycles. The van der Waals surface area contributed by atoms with Crippen LogP contribution in [0.2, 0.25) is 0 Å². The number of esters is 1. The van der Waals surface area contributed by atoms with Crippen molar-refractivity contribution in [3.8, 4) is 11.4 Å². The van der Waals surface area contributed by atoms with Gasteiger partial charge in [0.15, 0.2) is 0 Å². The highest BCUT2D eigenvalue weighted by Gasteiger charge is 2.04. The van der Waals surface area contributed by atoms with Crippen LogP contribution in [0.4, 0.5) is 0 Å². The summed E-state index contributed by atoms with van der Waals surface area (Å²) in [7, 11) is 0. The summed E-state index contributed by atoms with van der Waals surface area (Å²) in [6.07, 6.45) is 10.2. The minimum atomic E-state index is -0.290. The van der Waals surface area contributed by atoms with E-state index in [9.17, 15) is 4.79 Å². The molecule has 0 bridgehead atoms. The third kappa shape index (κ3) is 6.79. The number of pyridine rings is 2. The van der Waals surface area contributed by atoms with E-state index in [0.29, 0.717) is 12.2 Å². The van der Waals surface area contributed by atoms with Crippen LogP contribution in [0.25, 0.3) is 11.4 Å². The molecule has 0 fully saturated rings. The average Bonchev–Trinajstić information content (AvgIpc) is 2.64. The quantitative estimate of drug-likeness (QED) is 0.340. The third-order valence-corrected chi connectivity index (χ3v) is 4.19. The molecule has 0 amide bonds. The standard InChI is InChI=1S/C22H28N2O2/c1-17(2)22(25)26-14-8-6-4-5-7-9-19-11-13-24-21(16-19)20-15-18(3)10-12-23-20/h10-13,15-16H,1,4-9,14H2,2-3H3.